The number of nitrogens with one attached hydrogen (secondary N) is 2. The van der Waals surface area contributed by atoms with E-state index in [0.717, 1.165) is 25.3 Å². The zero-order valence-corrected chi connectivity index (χ0v) is 21.0. The number of hydrogen-bond donors (Lipinski definition) is 2. The van der Waals surface area contributed by atoms with E-state index >= 15 is 0 Å². The van der Waals surface area contributed by atoms with Crippen molar-refractivity contribution < 1.29 is 9.59 Å². The Morgan fingerprint density at radius 1 is 1.09 bits per heavy atom. The molecule has 1 aliphatic heterocycles. The number of allylic oxidation sites excluding steroid dienone is 2. The molecule has 2 amide bonds. The summed E-state index contributed by atoms with van der Waals surface area (Å²) in [5.41, 5.74) is 2.92. The lowest BCUT2D eigenvalue weighted by atomic mass is 9.83. The third-order valence-electron chi connectivity index (χ3n) is 7.65. The van der Waals surface area contributed by atoms with Crippen molar-refractivity contribution in [3.8, 4) is 0 Å². The zero-order valence-electron chi connectivity index (χ0n) is 18.6. The molecule has 4 aliphatic rings. The molecule has 172 valence electrons. The molecule has 2 bridgehead atoms. The number of carbonyl (C=O) groups excluding carboxylic acids is 2. The summed E-state index contributed by atoms with van der Waals surface area (Å²) in [5.74, 6) is 1.75. The average molecular weight is 548 g/mol. The summed E-state index contributed by atoms with van der Waals surface area (Å²) in [5, 5.41) is 6.81. The van der Waals surface area contributed by atoms with Gasteiger partial charge in [0, 0.05) is 32.6 Å². The van der Waals surface area contributed by atoms with Crippen LogP contribution in [0.25, 0.3) is 0 Å². The van der Waals surface area contributed by atoms with Crippen molar-refractivity contribution in [3.63, 3.8) is 0 Å². The van der Waals surface area contributed by atoms with Crippen molar-refractivity contribution in [3.05, 3.63) is 47.5 Å². The van der Waals surface area contributed by atoms with Gasteiger partial charge in [0.05, 0.1) is 11.8 Å². The molecule has 32 heavy (non-hydrogen) atoms. The highest BCUT2D eigenvalue weighted by Crippen LogP contribution is 2.52. The lowest BCUT2D eigenvalue weighted by Gasteiger charge is -2.26. The molecule has 5 atom stereocenters. The Balaban J connectivity index is 0.00000245. The van der Waals surface area contributed by atoms with E-state index in [1.54, 1.807) is 7.05 Å². The second-order valence-corrected chi connectivity index (χ2v) is 9.35. The fourth-order valence-corrected chi connectivity index (χ4v) is 6.14. The highest BCUT2D eigenvalue weighted by atomic mass is 127. The van der Waals surface area contributed by atoms with Crippen molar-refractivity contribution >= 4 is 41.8 Å². The smallest absolute Gasteiger partial charge is 0.233 e. The highest BCUT2D eigenvalue weighted by Gasteiger charge is 2.58. The number of carbonyl (C=O) groups is 2. The standard InChI is InChI=1S/C25H32N4O2.HI/c1-26-25(28-15-19-8-4-7-16-6-2-3-9-20(16)19)27-12-5-13-29-23(30)21-17-10-11-18(14-17)22(21)24(29)31;/h2-3,6,9-11,17-19,21-22H,4-5,7-8,12-15H2,1H3,(H2,26,27,28);1H. The number of likely N-dealkylation sites (tertiary alicyclic amines) is 1. The van der Waals surface area contributed by atoms with E-state index in [4.69, 9.17) is 0 Å². The van der Waals surface area contributed by atoms with Crippen LogP contribution in [0, 0.1) is 23.7 Å². The van der Waals surface area contributed by atoms with Gasteiger partial charge in [-0.1, -0.05) is 36.4 Å². The highest BCUT2D eigenvalue weighted by molar-refractivity contribution is 14.0. The number of rotatable bonds is 6. The molecular formula is C25H33IN4O2. The number of benzene rings is 1. The quantitative estimate of drug-likeness (QED) is 0.143. The SMILES string of the molecule is CN=C(NCCCN1C(=O)C2C3C=CC(C3)C2C1=O)NCC1CCCc2ccccc21.I. The number of halogens is 1. The molecule has 2 N–H and O–H groups in total. The molecule has 1 aromatic carbocycles. The first-order valence-corrected chi connectivity index (χ1v) is 11.7. The van der Waals surface area contributed by atoms with Gasteiger partial charge in [0.25, 0.3) is 0 Å². The van der Waals surface area contributed by atoms with Crippen LogP contribution in [0.2, 0.25) is 0 Å². The van der Waals surface area contributed by atoms with E-state index in [0.29, 0.717) is 19.0 Å². The molecule has 2 fully saturated rings. The Morgan fingerprint density at radius 2 is 1.81 bits per heavy atom. The summed E-state index contributed by atoms with van der Waals surface area (Å²) >= 11 is 0. The molecule has 5 rings (SSSR count). The monoisotopic (exact) mass is 548 g/mol. The molecule has 5 unspecified atom stereocenters. The molecule has 3 aliphatic carbocycles. The predicted octanol–water partition coefficient (Wildman–Crippen LogP) is 3.09. The maximum atomic E-state index is 12.8. The Morgan fingerprint density at radius 3 is 2.53 bits per heavy atom. The Kier molecular flexibility index (Phi) is 7.22. The number of aryl methyl sites for hydroxylation is 1. The fraction of sp³-hybridized carbons (Fsp3) is 0.560. The van der Waals surface area contributed by atoms with Crippen molar-refractivity contribution in [2.24, 2.45) is 28.7 Å². The minimum atomic E-state index is -0.0942. The van der Waals surface area contributed by atoms with E-state index in [1.165, 1.54) is 35.3 Å². The van der Waals surface area contributed by atoms with Gasteiger partial charge in [-0.15, -0.1) is 24.0 Å². The molecule has 0 radical (unpaired) electrons. The molecule has 1 aromatic rings. The number of hydrogen-bond acceptors (Lipinski definition) is 3. The van der Waals surface area contributed by atoms with Gasteiger partial charge < -0.3 is 10.6 Å². The molecule has 6 nitrogen and oxygen atoms in total. The number of nitrogens with zero attached hydrogens (tertiary/aromatic N) is 2. The second-order valence-electron chi connectivity index (χ2n) is 9.35. The Labute approximate surface area is 207 Å². The molecule has 1 heterocycles. The Bertz CT molecular complexity index is 900. The first-order valence-electron chi connectivity index (χ1n) is 11.7. The number of amides is 2. The molecule has 0 spiro atoms. The van der Waals surface area contributed by atoms with E-state index in [2.05, 4.69) is 52.0 Å². The predicted molar refractivity (Wildman–Crippen MR) is 136 cm³/mol. The van der Waals surface area contributed by atoms with Gasteiger partial charge in [-0.3, -0.25) is 19.5 Å². The van der Waals surface area contributed by atoms with Gasteiger partial charge in [-0.2, -0.15) is 0 Å². The minimum Gasteiger partial charge on any atom is -0.356 e. The van der Waals surface area contributed by atoms with Gasteiger partial charge in [-0.25, -0.2) is 0 Å². The summed E-state index contributed by atoms with van der Waals surface area (Å²) in [6.45, 7) is 2.03. The fourth-order valence-electron chi connectivity index (χ4n) is 6.14. The summed E-state index contributed by atoms with van der Waals surface area (Å²) in [4.78, 5) is 31.4. The van der Waals surface area contributed by atoms with Crippen LogP contribution in [-0.4, -0.2) is 49.4 Å². The first kappa shape index (κ1) is 23.3. The number of guanidine groups is 1. The molecule has 1 saturated heterocycles. The lowest BCUT2D eigenvalue weighted by molar-refractivity contribution is -0.140. The number of fused-ring (bicyclic) bond motifs is 6. The largest absolute Gasteiger partial charge is 0.356 e. The van der Waals surface area contributed by atoms with Crippen LogP contribution in [0.15, 0.2) is 41.4 Å². The molecular weight excluding hydrogens is 515 g/mol. The maximum Gasteiger partial charge on any atom is 0.233 e. The molecule has 1 saturated carbocycles. The van der Waals surface area contributed by atoms with E-state index in [1.807, 2.05) is 0 Å². The number of imide groups is 1. The summed E-state index contributed by atoms with van der Waals surface area (Å²) < 4.78 is 0. The van der Waals surface area contributed by atoms with Gasteiger partial charge in [0.15, 0.2) is 5.96 Å². The topological polar surface area (TPSA) is 73.8 Å². The van der Waals surface area contributed by atoms with Crippen LogP contribution in [-0.2, 0) is 16.0 Å². The van der Waals surface area contributed by atoms with Crippen LogP contribution < -0.4 is 10.6 Å². The van der Waals surface area contributed by atoms with Crippen LogP contribution in [0.1, 0.15) is 42.7 Å². The van der Waals surface area contributed by atoms with Gasteiger partial charge in [0.2, 0.25) is 11.8 Å². The van der Waals surface area contributed by atoms with E-state index in [9.17, 15) is 9.59 Å². The summed E-state index contributed by atoms with van der Waals surface area (Å²) in [6.07, 6.45) is 9.59. The molecule has 7 heteroatoms. The van der Waals surface area contributed by atoms with Gasteiger partial charge in [-0.05, 0) is 55.1 Å². The zero-order chi connectivity index (χ0) is 21.4. The van der Waals surface area contributed by atoms with Crippen molar-refractivity contribution in [1.29, 1.82) is 0 Å². The van der Waals surface area contributed by atoms with Crippen LogP contribution in [0.5, 0.6) is 0 Å². The third kappa shape index (κ3) is 4.20. The van der Waals surface area contributed by atoms with Crippen LogP contribution >= 0.6 is 24.0 Å². The van der Waals surface area contributed by atoms with Gasteiger partial charge >= 0.3 is 0 Å². The molecule has 0 aromatic heterocycles. The second kappa shape index (κ2) is 9.93. The van der Waals surface area contributed by atoms with Gasteiger partial charge in [0.1, 0.15) is 0 Å². The normalized spacial score (nSPS) is 30.2. The Hall–Kier alpha value is -1.90. The first-order chi connectivity index (χ1) is 15.2. The maximum absolute atomic E-state index is 12.8. The average Bonchev–Trinajstić information content (AvgIpc) is 3.48. The van der Waals surface area contributed by atoms with Crippen molar-refractivity contribution in [2.45, 2.75) is 38.0 Å². The summed E-state index contributed by atoms with van der Waals surface area (Å²) in [7, 11) is 1.78. The number of aliphatic imine (C=N–C) groups is 1. The lowest BCUT2D eigenvalue weighted by Crippen LogP contribution is -2.41. The van der Waals surface area contributed by atoms with E-state index < -0.39 is 0 Å². The van der Waals surface area contributed by atoms with Crippen LogP contribution in [0.3, 0.4) is 0 Å². The van der Waals surface area contributed by atoms with E-state index in [-0.39, 0.29) is 59.5 Å². The van der Waals surface area contributed by atoms with Crippen molar-refractivity contribution in [2.75, 3.05) is 26.7 Å². The third-order valence-corrected chi connectivity index (χ3v) is 7.65. The summed E-state index contributed by atoms with van der Waals surface area (Å²) in [6, 6.07) is 8.74. The van der Waals surface area contributed by atoms with Crippen molar-refractivity contribution in [1.82, 2.24) is 15.5 Å². The minimum absolute atomic E-state index is 0. The van der Waals surface area contributed by atoms with Crippen LogP contribution in [0.4, 0.5) is 0 Å².